The number of likely N-dealkylation sites (tertiary alicyclic amines) is 1. The standard InChI is InChI=1S/C15H23N3O2.2ClH/c1-4-20-11-6-5-8-17-13(11)14(19)18-9-7-12(16)15(2,3)10-18;;/h5-6,8,12H,4,7,9-10,16H2,1-3H3;2*1H. The van der Waals surface area contributed by atoms with Crippen molar-refractivity contribution in [3.63, 3.8) is 0 Å². The molecule has 0 radical (unpaired) electrons. The predicted octanol–water partition coefficient (Wildman–Crippen LogP) is 2.52. The van der Waals surface area contributed by atoms with Gasteiger partial charge in [-0.25, -0.2) is 4.98 Å². The number of hydrogen-bond donors (Lipinski definition) is 1. The highest BCUT2D eigenvalue weighted by atomic mass is 35.5. The fourth-order valence-corrected chi connectivity index (χ4v) is 2.52. The molecule has 0 bridgehead atoms. The Bertz CT molecular complexity index is 497. The van der Waals surface area contributed by atoms with Gasteiger partial charge in [-0.15, -0.1) is 24.8 Å². The zero-order valence-electron chi connectivity index (χ0n) is 13.2. The molecular weight excluding hydrogens is 325 g/mol. The first-order chi connectivity index (χ1) is 9.45. The second-order valence-electron chi connectivity index (χ2n) is 5.89. The van der Waals surface area contributed by atoms with Crippen molar-refractivity contribution < 1.29 is 9.53 Å². The molecule has 22 heavy (non-hydrogen) atoms. The smallest absolute Gasteiger partial charge is 0.276 e. The Kier molecular flexibility index (Phi) is 8.15. The summed E-state index contributed by atoms with van der Waals surface area (Å²) in [6.07, 6.45) is 2.44. The van der Waals surface area contributed by atoms with E-state index in [2.05, 4.69) is 18.8 Å². The minimum absolute atomic E-state index is 0. The quantitative estimate of drug-likeness (QED) is 0.910. The summed E-state index contributed by atoms with van der Waals surface area (Å²) in [5.41, 5.74) is 6.43. The first kappa shape index (κ1) is 21.0. The number of aromatic nitrogens is 1. The highest BCUT2D eigenvalue weighted by Gasteiger charge is 2.36. The summed E-state index contributed by atoms with van der Waals surface area (Å²) < 4.78 is 5.49. The molecule has 1 unspecified atom stereocenters. The molecule has 0 spiro atoms. The third-order valence-electron chi connectivity index (χ3n) is 3.87. The van der Waals surface area contributed by atoms with E-state index in [1.54, 1.807) is 18.3 Å². The molecule has 1 aliphatic heterocycles. The minimum atomic E-state index is -0.0750. The molecule has 1 aliphatic rings. The maximum absolute atomic E-state index is 12.6. The molecule has 2 heterocycles. The Morgan fingerprint density at radius 1 is 1.50 bits per heavy atom. The van der Waals surface area contributed by atoms with Crippen molar-refractivity contribution in [2.24, 2.45) is 11.1 Å². The summed E-state index contributed by atoms with van der Waals surface area (Å²) in [4.78, 5) is 18.7. The lowest BCUT2D eigenvalue weighted by Crippen LogP contribution is -2.54. The van der Waals surface area contributed by atoms with Crippen LogP contribution >= 0.6 is 24.8 Å². The van der Waals surface area contributed by atoms with Gasteiger partial charge in [-0.3, -0.25) is 4.79 Å². The monoisotopic (exact) mass is 349 g/mol. The van der Waals surface area contributed by atoms with E-state index in [0.29, 0.717) is 31.1 Å². The number of halogens is 2. The van der Waals surface area contributed by atoms with Gasteiger partial charge in [0.1, 0.15) is 0 Å². The molecule has 0 saturated carbocycles. The molecule has 1 aromatic heterocycles. The van der Waals surface area contributed by atoms with E-state index in [1.807, 2.05) is 11.8 Å². The van der Waals surface area contributed by atoms with Crippen molar-refractivity contribution in [3.05, 3.63) is 24.0 Å². The first-order valence-electron chi connectivity index (χ1n) is 7.08. The zero-order chi connectivity index (χ0) is 14.8. The zero-order valence-corrected chi connectivity index (χ0v) is 14.9. The summed E-state index contributed by atoms with van der Waals surface area (Å²) in [6, 6.07) is 3.68. The molecule has 1 amide bonds. The Morgan fingerprint density at radius 2 is 2.18 bits per heavy atom. The number of ether oxygens (including phenoxy) is 1. The number of piperidine rings is 1. The van der Waals surface area contributed by atoms with E-state index in [4.69, 9.17) is 10.5 Å². The van der Waals surface area contributed by atoms with Crippen LogP contribution in [0.2, 0.25) is 0 Å². The van der Waals surface area contributed by atoms with Gasteiger partial charge < -0.3 is 15.4 Å². The number of nitrogens with two attached hydrogens (primary N) is 1. The van der Waals surface area contributed by atoms with Crippen LogP contribution in [0.4, 0.5) is 0 Å². The van der Waals surface area contributed by atoms with E-state index >= 15 is 0 Å². The van der Waals surface area contributed by atoms with Crippen LogP contribution in [0.3, 0.4) is 0 Å². The van der Waals surface area contributed by atoms with Crippen molar-refractivity contribution in [1.82, 2.24) is 9.88 Å². The number of amides is 1. The summed E-state index contributed by atoms with van der Waals surface area (Å²) in [5.74, 6) is 0.474. The van der Waals surface area contributed by atoms with Crippen LogP contribution < -0.4 is 10.5 Å². The van der Waals surface area contributed by atoms with Gasteiger partial charge in [0.2, 0.25) is 0 Å². The molecule has 2 rings (SSSR count). The molecule has 0 aromatic carbocycles. The molecule has 7 heteroatoms. The van der Waals surface area contributed by atoms with Crippen LogP contribution in [0.25, 0.3) is 0 Å². The number of carbonyl (C=O) groups excluding carboxylic acids is 1. The Balaban J connectivity index is 0.00000220. The summed E-state index contributed by atoms with van der Waals surface area (Å²) in [7, 11) is 0. The summed E-state index contributed by atoms with van der Waals surface area (Å²) >= 11 is 0. The topological polar surface area (TPSA) is 68.5 Å². The van der Waals surface area contributed by atoms with Gasteiger partial charge in [-0.2, -0.15) is 0 Å². The maximum atomic E-state index is 12.6. The Morgan fingerprint density at radius 3 is 2.77 bits per heavy atom. The van der Waals surface area contributed by atoms with Crippen LogP contribution in [-0.2, 0) is 0 Å². The average Bonchev–Trinajstić information content (AvgIpc) is 2.42. The number of rotatable bonds is 3. The van der Waals surface area contributed by atoms with Gasteiger partial charge in [0.05, 0.1) is 6.61 Å². The van der Waals surface area contributed by atoms with Crippen LogP contribution in [-0.4, -0.2) is 41.5 Å². The van der Waals surface area contributed by atoms with Crippen LogP contribution in [0.1, 0.15) is 37.7 Å². The van der Waals surface area contributed by atoms with Crippen molar-refractivity contribution in [2.75, 3.05) is 19.7 Å². The van der Waals surface area contributed by atoms with E-state index in [0.717, 1.165) is 6.42 Å². The first-order valence-corrected chi connectivity index (χ1v) is 7.08. The second-order valence-corrected chi connectivity index (χ2v) is 5.89. The molecular formula is C15H25Cl2N3O2. The normalized spacial score (nSPS) is 19.6. The third kappa shape index (κ3) is 4.48. The Labute approximate surface area is 144 Å². The second kappa shape index (κ2) is 8.56. The fraction of sp³-hybridized carbons (Fsp3) is 0.600. The van der Waals surface area contributed by atoms with Gasteiger partial charge in [0, 0.05) is 25.3 Å². The van der Waals surface area contributed by atoms with Crippen LogP contribution in [0.5, 0.6) is 5.75 Å². The number of carbonyl (C=O) groups is 1. The van der Waals surface area contributed by atoms with Gasteiger partial charge in [-0.05, 0) is 30.9 Å². The van der Waals surface area contributed by atoms with Crippen LogP contribution in [0.15, 0.2) is 18.3 Å². The Hall–Kier alpha value is -1.04. The molecule has 1 fully saturated rings. The molecule has 1 aromatic rings. The minimum Gasteiger partial charge on any atom is -0.491 e. The molecule has 5 nitrogen and oxygen atoms in total. The summed E-state index contributed by atoms with van der Waals surface area (Å²) in [5, 5.41) is 0. The predicted molar refractivity (Wildman–Crippen MR) is 92.2 cm³/mol. The van der Waals surface area contributed by atoms with Gasteiger partial charge in [0.25, 0.3) is 5.91 Å². The SMILES string of the molecule is CCOc1cccnc1C(=O)N1CCC(N)C(C)(C)C1.Cl.Cl. The molecule has 2 N–H and O–H groups in total. The van der Waals surface area contributed by atoms with E-state index in [9.17, 15) is 4.79 Å². The van der Waals surface area contributed by atoms with Crippen molar-refractivity contribution in [1.29, 1.82) is 0 Å². The van der Waals surface area contributed by atoms with E-state index in [-0.39, 0.29) is 42.2 Å². The summed E-state index contributed by atoms with van der Waals surface area (Å²) in [6.45, 7) is 7.92. The van der Waals surface area contributed by atoms with Crippen molar-refractivity contribution in [2.45, 2.75) is 33.2 Å². The lowest BCUT2D eigenvalue weighted by Gasteiger charge is -2.42. The third-order valence-corrected chi connectivity index (χ3v) is 3.87. The maximum Gasteiger partial charge on any atom is 0.276 e. The van der Waals surface area contributed by atoms with Crippen molar-refractivity contribution in [3.8, 4) is 5.75 Å². The van der Waals surface area contributed by atoms with Gasteiger partial charge in [-0.1, -0.05) is 13.8 Å². The fourth-order valence-electron chi connectivity index (χ4n) is 2.52. The van der Waals surface area contributed by atoms with E-state index < -0.39 is 0 Å². The highest BCUT2D eigenvalue weighted by Crippen LogP contribution is 2.29. The van der Waals surface area contributed by atoms with Gasteiger partial charge >= 0.3 is 0 Å². The van der Waals surface area contributed by atoms with Gasteiger partial charge in [0.15, 0.2) is 11.4 Å². The average molecular weight is 350 g/mol. The van der Waals surface area contributed by atoms with Crippen LogP contribution in [0, 0.1) is 5.41 Å². The molecule has 1 atom stereocenters. The molecule has 1 saturated heterocycles. The number of nitrogens with zero attached hydrogens (tertiary/aromatic N) is 2. The molecule has 0 aliphatic carbocycles. The van der Waals surface area contributed by atoms with E-state index in [1.165, 1.54) is 0 Å². The lowest BCUT2D eigenvalue weighted by atomic mass is 9.79. The number of pyridine rings is 1. The number of hydrogen-bond acceptors (Lipinski definition) is 4. The lowest BCUT2D eigenvalue weighted by molar-refractivity contribution is 0.0523. The highest BCUT2D eigenvalue weighted by molar-refractivity contribution is 5.95. The molecule has 126 valence electrons. The van der Waals surface area contributed by atoms with Crippen molar-refractivity contribution >= 4 is 30.7 Å². The largest absolute Gasteiger partial charge is 0.491 e.